The fourth-order valence-corrected chi connectivity index (χ4v) is 5.33. The lowest BCUT2D eigenvalue weighted by molar-refractivity contribution is -0.143. The molecule has 8 nitrogen and oxygen atoms in total. The maximum absolute atomic E-state index is 13.7. The van der Waals surface area contributed by atoms with Gasteiger partial charge in [-0.3, -0.25) is 14.8 Å². The van der Waals surface area contributed by atoms with Crippen molar-refractivity contribution in [2.75, 3.05) is 13.1 Å². The van der Waals surface area contributed by atoms with Crippen LogP contribution in [0.4, 0.5) is 0 Å². The van der Waals surface area contributed by atoms with Crippen LogP contribution < -0.4 is 16.1 Å². The molecule has 2 aromatic rings. The van der Waals surface area contributed by atoms with E-state index in [9.17, 15) is 25.0 Å². The molecule has 1 saturated heterocycles. The Labute approximate surface area is 193 Å². The van der Waals surface area contributed by atoms with Crippen molar-refractivity contribution in [1.82, 2.24) is 16.1 Å². The van der Waals surface area contributed by atoms with Gasteiger partial charge < -0.3 is 20.8 Å². The molecule has 2 unspecified atom stereocenters. The molecule has 176 valence electrons. The third-order valence-corrected chi connectivity index (χ3v) is 6.94. The summed E-state index contributed by atoms with van der Waals surface area (Å²) in [5, 5.41) is 36.3. The summed E-state index contributed by atoms with van der Waals surface area (Å²) in [4.78, 5) is 26.5. The highest BCUT2D eigenvalue weighted by Gasteiger charge is 2.42. The zero-order valence-electron chi connectivity index (χ0n) is 18.4. The van der Waals surface area contributed by atoms with E-state index in [1.807, 2.05) is 24.3 Å². The van der Waals surface area contributed by atoms with E-state index < -0.39 is 29.9 Å². The van der Waals surface area contributed by atoms with Gasteiger partial charge in [-0.15, -0.1) is 0 Å². The summed E-state index contributed by atoms with van der Waals surface area (Å²) in [6.45, 7) is 1.46. The van der Waals surface area contributed by atoms with Crippen molar-refractivity contribution in [3.05, 3.63) is 65.2 Å². The summed E-state index contributed by atoms with van der Waals surface area (Å²) in [5.74, 6) is -2.50. The number of hydroxylamine groups is 1. The van der Waals surface area contributed by atoms with E-state index in [4.69, 9.17) is 0 Å². The lowest BCUT2D eigenvalue weighted by Gasteiger charge is -2.35. The Morgan fingerprint density at radius 3 is 2.55 bits per heavy atom. The third-order valence-electron chi connectivity index (χ3n) is 6.94. The van der Waals surface area contributed by atoms with Crippen LogP contribution in [-0.4, -0.2) is 46.4 Å². The second kappa shape index (κ2) is 10.3. The van der Waals surface area contributed by atoms with Crippen molar-refractivity contribution in [2.24, 2.45) is 17.8 Å². The van der Waals surface area contributed by atoms with E-state index in [0.717, 1.165) is 24.2 Å². The van der Waals surface area contributed by atoms with E-state index in [1.54, 1.807) is 29.7 Å². The molecule has 0 saturated carbocycles. The van der Waals surface area contributed by atoms with Crippen LogP contribution in [0, 0.1) is 17.8 Å². The van der Waals surface area contributed by atoms with Crippen molar-refractivity contribution in [2.45, 2.75) is 37.8 Å². The Bertz CT molecular complexity index is 992. The van der Waals surface area contributed by atoms with E-state index in [-0.39, 0.29) is 24.0 Å². The van der Waals surface area contributed by atoms with Gasteiger partial charge >= 0.3 is 0 Å². The number of amides is 2. The first-order valence-electron chi connectivity index (χ1n) is 11.5. The average Bonchev–Trinajstić information content (AvgIpc) is 3.14. The van der Waals surface area contributed by atoms with Crippen molar-refractivity contribution < 1.29 is 25.0 Å². The van der Waals surface area contributed by atoms with Crippen LogP contribution in [0.5, 0.6) is 5.75 Å². The molecule has 33 heavy (non-hydrogen) atoms. The second-order valence-electron chi connectivity index (χ2n) is 9.03. The van der Waals surface area contributed by atoms with Crippen LogP contribution in [-0.2, 0) is 22.4 Å². The first-order valence-corrected chi connectivity index (χ1v) is 11.5. The summed E-state index contributed by atoms with van der Waals surface area (Å²) in [7, 11) is 0. The van der Waals surface area contributed by atoms with Gasteiger partial charge in [0.05, 0.1) is 24.0 Å². The summed E-state index contributed by atoms with van der Waals surface area (Å²) in [6.07, 6.45) is 1.32. The van der Waals surface area contributed by atoms with Crippen LogP contribution in [0.1, 0.15) is 35.6 Å². The number of rotatable bonds is 7. The molecule has 2 aliphatic rings. The molecule has 0 radical (unpaired) electrons. The molecule has 1 fully saturated rings. The van der Waals surface area contributed by atoms with E-state index in [0.29, 0.717) is 24.8 Å². The number of nitrogens with one attached hydrogen (secondary N) is 3. The number of carbonyl (C=O) groups is 2. The van der Waals surface area contributed by atoms with Crippen LogP contribution in [0.2, 0.25) is 0 Å². The Morgan fingerprint density at radius 1 is 1.06 bits per heavy atom. The summed E-state index contributed by atoms with van der Waals surface area (Å²) in [5.41, 5.74) is 4.35. The predicted octanol–water partition coefficient (Wildman–Crippen LogP) is 1.45. The largest absolute Gasteiger partial charge is 0.508 e. The second-order valence-corrected chi connectivity index (χ2v) is 9.03. The van der Waals surface area contributed by atoms with Gasteiger partial charge in [0.15, 0.2) is 0 Å². The molecular formula is C25H31N3O5. The maximum Gasteiger partial charge on any atom is 0.247 e. The number of hydrogen-bond acceptors (Lipinski definition) is 6. The van der Waals surface area contributed by atoms with E-state index >= 15 is 0 Å². The first-order chi connectivity index (χ1) is 16.0. The molecule has 1 aliphatic carbocycles. The normalized spacial score (nSPS) is 22.2. The van der Waals surface area contributed by atoms with E-state index in [2.05, 4.69) is 10.6 Å². The average molecular weight is 454 g/mol. The summed E-state index contributed by atoms with van der Waals surface area (Å²) >= 11 is 0. The molecule has 2 aromatic carbocycles. The van der Waals surface area contributed by atoms with Gasteiger partial charge in [0.1, 0.15) is 5.75 Å². The van der Waals surface area contributed by atoms with E-state index in [1.165, 1.54) is 0 Å². The molecule has 4 rings (SSSR count). The smallest absolute Gasteiger partial charge is 0.247 e. The van der Waals surface area contributed by atoms with Crippen molar-refractivity contribution in [3.63, 3.8) is 0 Å². The van der Waals surface area contributed by atoms with Crippen LogP contribution in [0.15, 0.2) is 48.5 Å². The van der Waals surface area contributed by atoms with Crippen molar-refractivity contribution >= 4 is 11.8 Å². The van der Waals surface area contributed by atoms with Crippen LogP contribution >= 0.6 is 0 Å². The van der Waals surface area contributed by atoms with Gasteiger partial charge in [-0.2, -0.15) is 0 Å². The van der Waals surface area contributed by atoms with Gasteiger partial charge in [0, 0.05) is 6.42 Å². The summed E-state index contributed by atoms with van der Waals surface area (Å²) in [6, 6.07) is 13.7. The maximum atomic E-state index is 13.7. The third kappa shape index (κ3) is 5.19. The fourth-order valence-electron chi connectivity index (χ4n) is 5.33. The topological polar surface area (TPSA) is 131 Å². The molecule has 8 heteroatoms. The molecule has 0 aromatic heterocycles. The van der Waals surface area contributed by atoms with Gasteiger partial charge in [-0.05, 0) is 67.1 Å². The minimum absolute atomic E-state index is 0.0804. The molecule has 1 aliphatic heterocycles. The minimum atomic E-state index is -0.790. The number of fused-ring (bicyclic) bond motifs is 1. The lowest BCUT2D eigenvalue weighted by Crippen LogP contribution is -2.49. The van der Waals surface area contributed by atoms with Crippen molar-refractivity contribution in [3.8, 4) is 5.75 Å². The number of phenols is 1. The van der Waals surface area contributed by atoms with Gasteiger partial charge in [0.25, 0.3) is 0 Å². The number of benzene rings is 2. The van der Waals surface area contributed by atoms with Gasteiger partial charge in [0.2, 0.25) is 11.8 Å². The number of phenolic OH excluding ortho intramolecular Hbond substituents is 1. The Hall–Kier alpha value is -2.94. The van der Waals surface area contributed by atoms with Crippen molar-refractivity contribution in [1.29, 1.82) is 0 Å². The SMILES string of the molecule is O=C(NO)C(C1CCNCC1)[C@@H](Cc1cccc(O)c1)C(=O)NC1c2ccccc2C[C@H]1O. The number of aliphatic hydroxyl groups is 1. The van der Waals surface area contributed by atoms with Gasteiger partial charge in [-0.1, -0.05) is 36.4 Å². The minimum Gasteiger partial charge on any atom is -0.508 e. The monoisotopic (exact) mass is 453 g/mol. The number of aromatic hydroxyl groups is 1. The highest BCUT2D eigenvalue weighted by molar-refractivity contribution is 5.88. The first kappa shape index (κ1) is 23.2. The highest BCUT2D eigenvalue weighted by Crippen LogP contribution is 2.35. The molecule has 0 spiro atoms. The van der Waals surface area contributed by atoms with Gasteiger partial charge in [-0.25, -0.2) is 5.48 Å². The zero-order valence-corrected chi connectivity index (χ0v) is 18.4. The zero-order chi connectivity index (χ0) is 23.4. The number of aliphatic hydroxyl groups excluding tert-OH is 1. The number of hydrogen-bond donors (Lipinski definition) is 6. The van der Waals surface area contributed by atoms with Crippen LogP contribution in [0.25, 0.3) is 0 Å². The predicted molar refractivity (Wildman–Crippen MR) is 121 cm³/mol. The standard InChI is InChI=1S/C25H31N3O5/c29-18-6-3-4-15(12-18)13-20(22(25(32)28-33)16-8-10-26-11-9-16)24(31)27-23-19-7-2-1-5-17(19)14-21(23)30/h1-7,12,16,20-23,26,29-30,33H,8-11,13-14H2,(H,27,31)(H,28,32)/t20-,21-,22?,23?/m1/s1. The molecule has 0 bridgehead atoms. The quantitative estimate of drug-likeness (QED) is 0.278. The Kier molecular flexibility index (Phi) is 7.27. The highest BCUT2D eigenvalue weighted by atomic mass is 16.5. The number of carbonyl (C=O) groups excluding carboxylic acids is 2. The molecule has 1 heterocycles. The van der Waals surface area contributed by atoms with Crippen LogP contribution in [0.3, 0.4) is 0 Å². The fraction of sp³-hybridized carbons (Fsp3) is 0.440. The lowest BCUT2D eigenvalue weighted by atomic mass is 9.73. The molecular weight excluding hydrogens is 422 g/mol. The molecule has 4 atom stereocenters. The summed E-state index contributed by atoms with van der Waals surface area (Å²) < 4.78 is 0. The molecule has 2 amide bonds. The Morgan fingerprint density at radius 2 is 1.82 bits per heavy atom. The number of piperidine rings is 1. The molecule has 6 N–H and O–H groups in total. The Balaban J connectivity index is 1.65.